The summed E-state index contributed by atoms with van der Waals surface area (Å²) >= 11 is 0. The van der Waals surface area contributed by atoms with Gasteiger partial charge >= 0.3 is 0 Å². The number of halogens is 2. The quantitative estimate of drug-likeness (QED) is 0.472. The van der Waals surface area contributed by atoms with E-state index in [0.717, 1.165) is 5.56 Å². The highest BCUT2D eigenvalue weighted by Crippen LogP contribution is 2.28. The van der Waals surface area contributed by atoms with Gasteiger partial charge in [0.25, 0.3) is 0 Å². The number of anilines is 1. The van der Waals surface area contributed by atoms with Crippen LogP contribution in [-0.2, 0) is 6.54 Å². The smallest absolute Gasteiger partial charge is 0.247 e. The molecule has 1 N–H and O–H groups in total. The molecule has 2 aromatic heterocycles. The van der Waals surface area contributed by atoms with Crippen molar-refractivity contribution in [2.45, 2.75) is 13.5 Å². The molecule has 4 rings (SSSR count). The van der Waals surface area contributed by atoms with Gasteiger partial charge in [-0.25, -0.2) is 18.7 Å². The molecule has 2 heterocycles. The lowest BCUT2D eigenvalue weighted by molar-refractivity contribution is 0.330. The SMILES string of the molecule is CCOc1nc(NCc2ccc(F)cc2)nc2ncc(-c3cc(OC)ccc3F)nc12. The van der Waals surface area contributed by atoms with E-state index < -0.39 is 5.82 Å². The van der Waals surface area contributed by atoms with Gasteiger partial charge in [0.15, 0.2) is 11.2 Å². The Bertz CT molecular complexity index is 1220. The summed E-state index contributed by atoms with van der Waals surface area (Å²) in [7, 11) is 1.50. The Morgan fingerprint density at radius 1 is 1.00 bits per heavy atom. The molecule has 0 aliphatic heterocycles. The predicted molar refractivity (Wildman–Crippen MR) is 112 cm³/mol. The van der Waals surface area contributed by atoms with Crippen molar-refractivity contribution >= 4 is 17.1 Å². The van der Waals surface area contributed by atoms with Crippen LogP contribution in [-0.4, -0.2) is 33.7 Å². The number of ether oxygens (including phenoxy) is 2. The van der Waals surface area contributed by atoms with Gasteiger partial charge < -0.3 is 14.8 Å². The third-order valence-corrected chi connectivity index (χ3v) is 4.47. The molecule has 0 aliphatic carbocycles. The first-order valence-electron chi connectivity index (χ1n) is 9.57. The Balaban J connectivity index is 1.69. The van der Waals surface area contributed by atoms with Crippen LogP contribution in [0.1, 0.15) is 12.5 Å². The third kappa shape index (κ3) is 4.50. The van der Waals surface area contributed by atoms with E-state index in [1.807, 2.05) is 6.92 Å². The van der Waals surface area contributed by atoms with E-state index in [1.54, 1.807) is 18.2 Å². The molecular weight excluding hydrogens is 404 g/mol. The zero-order chi connectivity index (χ0) is 21.8. The molecule has 0 spiro atoms. The second kappa shape index (κ2) is 8.86. The summed E-state index contributed by atoms with van der Waals surface area (Å²) < 4.78 is 38.3. The zero-order valence-electron chi connectivity index (χ0n) is 16.9. The van der Waals surface area contributed by atoms with E-state index in [-0.39, 0.29) is 23.2 Å². The summed E-state index contributed by atoms with van der Waals surface area (Å²) in [4.78, 5) is 17.6. The number of hydrogen-bond donors (Lipinski definition) is 1. The van der Waals surface area contributed by atoms with Gasteiger partial charge in [-0.1, -0.05) is 12.1 Å². The lowest BCUT2D eigenvalue weighted by Crippen LogP contribution is -2.07. The summed E-state index contributed by atoms with van der Waals surface area (Å²) in [5.41, 5.74) is 2.02. The highest BCUT2D eigenvalue weighted by molar-refractivity contribution is 5.79. The lowest BCUT2D eigenvalue weighted by Gasteiger charge is -2.11. The Kier molecular flexibility index (Phi) is 5.83. The molecule has 0 amide bonds. The summed E-state index contributed by atoms with van der Waals surface area (Å²) in [5.74, 6) is 0.260. The number of hydrogen-bond acceptors (Lipinski definition) is 7. The molecule has 0 saturated carbocycles. The van der Waals surface area contributed by atoms with E-state index in [9.17, 15) is 8.78 Å². The fraction of sp³-hybridized carbons (Fsp3) is 0.182. The highest BCUT2D eigenvalue weighted by atomic mass is 19.1. The molecule has 158 valence electrons. The average Bonchev–Trinajstić information content (AvgIpc) is 2.79. The fourth-order valence-electron chi connectivity index (χ4n) is 2.94. The molecule has 9 heteroatoms. The molecule has 0 aliphatic rings. The summed E-state index contributed by atoms with van der Waals surface area (Å²) in [6, 6.07) is 10.5. The van der Waals surface area contributed by atoms with Crippen LogP contribution in [0.3, 0.4) is 0 Å². The molecule has 0 bridgehead atoms. The maximum Gasteiger partial charge on any atom is 0.247 e. The Labute approximate surface area is 177 Å². The Morgan fingerprint density at radius 3 is 2.55 bits per heavy atom. The van der Waals surface area contributed by atoms with E-state index in [4.69, 9.17) is 9.47 Å². The van der Waals surface area contributed by atoms with Crippen molar-refractivity contribution in [1.29, 1.82) is 0 Å². The monoisotopic (exact) mass is 423 g/mol. The standard InChI is InChI=1S/C22H19F2N5O2/c1-3-31-21-19-20(28-22(29-21)26-11-13-4-6-14(23)7-5-13)25-12-18(27-19)16-10-15(30-2)8-9-17(16)24/h4-10,12H,3,11H2,1-2H3,(H,25,26,28,29). The van der Waals surface area contributed by atoms with Crippen molar-refractivity contribution in [3.05, 3.63) is 65.9 Å². The van der Waals surface area contributed by atoms with Gasteiger partial charge in [0, 0.05) is 12.1 Å². The topological polar surface area (TPSA) is 82.0 Å². The van der Waals surface area contributed by atoms with Crippen LogP contribution in [0.5, 0.6) is 11.6 Å². The fourth-order valence-corrected chi connectivity index (χ4v) is 2.94. The summed E-state index contributed by atoms with van der Waals surface area (Å²) in [6.07, 6.45) is 1.44. The van der Waals surface area contributed by atoms with Crippen LogP contribution in [0.4, 0.5) is 14.7 Å². The Morgan fingerprint density at radius 2 is 1.81 bits per heavy atom. The predicted octanol–water partition coefficient (Wildman–Crippen LogP) is 4.38. The van der Waals surface area contributed by atoms with Gasteiger partial charge in [0.1, 0.15) is 17.4 Å². The van der Waals surface area contributed by atoms with Crippen LogP contribution >= 0.6 is 0 Å². The van der Waals surface area contributed by atoms with E-state index in [1.165, 1.54) is 37.6 Å². The number of aromatic nitrogens is 4. The number of benzene rings is 2. The molecule has 4 aromatic rings. The van der Waals surface area contributed by atoms with Gasteiger partial charge in [0.05, 0.1) is 25.6 Å². The first kappa shape index (κ1) is 20.4. The second-order valence-corrected chi connectivity index (χ2v) is 6.54. The molecule has 0 fully saturated rings. The van der Waals surface area contributed by atoms with Crippen molar-refractivity contribution < 1.29 is 18.3 Å². The average molecular weight is 423 g/mol. The van der Waals surface area contributed by atoms with E-state index in [2.05, 4.69) is 25.3 Å². The summed E-state index contributed by atoms with van der Waals surface area (Å²) in [5, 5.41) is 3.07. The van der Waals surface area contributed by atoms with Crippen molar-refractivity contribution in [3.8, 4) is 22.9 Å². The first-order valence-corrected chi connectivity index (χ1v) is 9.57. The molecule has 7 nitrogen and oxygen atoms in total. The molecular formula is C22H19F2N5O2. The van der Waals surface area contributed by atoms with Crippen LogP contribution in [0.25, 0.3) is 22.4 Å². The minimum absolute atomic E-state index is 0.228. The van der Waals surface area contributed by atoms with Crippen molar-refractivity contribution in [2.75, 3.05) is 19.0 Å². The van der Waals surface area contributed by atoms with Crippen molar-refractivity contribution in [1.82, 2.24) is 19.9 Å². The van der Waals surface area contributed by atoms with Crippen LogP contribution < -0.4 is 14.8 Å². The normalized spacial score (nSPS) is 10.8. The number of nitrogens with one attached hydrogen (secondary N) is 1. The number of fused-ring (bicyclic) bond motifs is 1. The van der Waals surface area contributed by atoms with E-state index in [0.29, 0.717) is 35.8 Å². The van der Waals surface area contributed by atoms with Crippen LogP contribution in [0.2, 0.25) is 0 Å². The molecule has 0 saturated heterocycles. The number of methoxy groups -OCH3 is 1. The molecule has 0 atom stereocenters. The van der Waals surface area contributed by atoms with Crippen molar-refractivity contribution in [2.24, 2.45) is 0 Å². The maximum atomic E-state index is 14.4. The van der Waals surface area contributed by atoms with Gasteiger partial charge in [-0.05, 0) is 42.8 Å². The minimum atomic E-state index is -0.453. The molecule has 31 heavy (non-hydrogen) atoms. The summed E-state index contributed by atoms with van der Waals surface area (Å²) in [6.45, 7) is 2.55. The number of nitrogens with zero attached hydrogens (tertiary/aromatic N) is 4. The van der Waals surface area contributed by atoms with Crippen molar-refractivity contribution in [3.63, 3.8) is 0 Å². The number of rotatable bonds is 7. The second-order valence-electron chi connectivity index (χ2n) is 6.54. The van der Waals surface area contributed by atoms with Gasteiger partial charge in [0.2, 0.25) is 11.8 Å². The largest absolute Gasteiger partial charge is 0.497 e. The van der Waals surface area contributed by atoms with E-state index >= 15 is 0 Å². The maximum absolute atomic E-state index is 14.4. The first-order chi connectivity index (χ1) is 15.1. The highest BCUT2D eigenvalue weighted by Gasteiger charge is 2.15. The van der Waals surface area contributed by atoms with Crippen LogP contribution in [0.15, 0.2) is 48.7 Å². The van der Waals surface area contributed by atoms with Gasteiger partial charge in [-0.3, -0.25) is 0 Å². The zero-order valence-corrected chi connectivity index (χ0v) is 16.9. The molecule has 0 unspecified atom stereocenters. The minimum Gasteiger partial charge on any atom is -0.497 e. The molecule has 0 radical (unpaired) electrons. The Hall–Kier alpha value is -3.88. The third-order valence-electron chi connectivity index (χ3n) is 4.47. The van der Waals surface area contributed by atoms with Crippen LogP contribution in [0, 0.1) is 11.6 Å². The lowest BCUT2D eigenvalue weighted by atomic mass is 10.1. The van der Waals surface area contributed by atoms with Gasteiger partial charge in [-0.15, -0.1) is 0 Å². The van der Waals surface area contributed by atoms with Gasteiger partial charge in [-0.2, -0.15) is 9.97 Å². The molecule has 2 aromatic carbocycles.